The Morgan fingerprint density at radius 3 is 2.71 bits per heavy atom. The van der Waals surface area contributed by atoms with Crippen molar-refractivity contribution in [2.75, 3.05) is 13.1 Å². The van der Waals surface area contributed by atoms with E-state index in [1.807, 2.05) is 33.7 Å². The fraction of sp³-hybridized carbons (Fsp3) is 0.273. The van der Waals surface area contributed by atoms with Gasteiger partial charge in [0, 0.05) is 30.3 Å². The molecule has 1 saturated carbocycles. The zero-order valence-electron chi connectivity index (χ0n) is 15.4. The summed E-state index contributed by atoms with van der Waals surface area (Å²) < 4.78 is 8.29. The zero-order valence-corrected chi connectivity index (χ0v) is 15.4. The van der Waals surface area contributed by atoms with Crippen molar-refractivity contribution >= 4 is 11.4 Å². The first-order valence-corrected chi connectivity index (χ1v) is 9.38. The molecule has 0 unspecified atom stereocenters. The lowest BCUT2D eigenvalue weighted by atomic mass is 9.61. The molecule has 1 N–H and O–H groups in total. The molecule has 6 heteroatoms. The van der Waals surface area contributed by atoms with Crippen molar-refractivity contribution in [1.82, 2.24) is 14.3 Å². The summed E-state index contributed by atoms with van der Waals surface area (Å²) in [6.07, 6.45) is 9.01. The molecule has 142 valence electrons. The lowest BCUT2D eigenvalue weighted by Crippen LogP contribution is -2.65. The van der Waals surface area contributed by atoms with Gasteiger partial charge in [0.1, 0.15) is 23.1 Å². The Hall–Kier alpha value is -3.28. The fourth-order valence-corrected chi connectivity index (χ4v) is 4.38. The Morgan fingerprint density at radius 1 is 1.25 bits per heavy atom. The first-order valence-electron chi connectivity index (χ1n) is 9.38. The summed E-state index contributed by atoms with van der Waals surface area (Å²) in [6, 6.07) is 9.15. The maximum absolute atomic E-state index is 11.7. The van der Waals surface area contributed by atoms with E-state index in [0.29, 0.717) is 0 Å². The number of phenolic OH excluding ortho intramolecular Hbond substituents is 1. The number of pyridine rings is 1. The number of phenols is 1. The number of aromatic nitrogens is 2. The predicted octanol–water partition coefficient (Wildman–Crippen LogP) is 3.26. The van der Waals surface area contributed by atoms with Crippen LogP contribution in [0.1, 0.15) is 12.8 Å². The Balaban J connectivity index is 1.34. The monoisotopic (exact) mass is 375 g/mol. The number of carbonyl (C=O) groups is 1. The summed E-state index contributed by atoms with van der Waals surface area (Å²) in [6.45, 7) is 5.15. The normalized spacial score (nSPS) is 17.9. The molecule has 3 aromatic rings. The lowest BCUT2D eigenvalue weighted by Gasteiger charge is -2.58. The average molecular weight is 375 g/mol. The fourth-order valence-electron chi connectivity index (χ4n) is 4.38. The second-order valence-corrected chi connectivity index (χ2v) is 7.87. The number of likely N-dealkylation sites (tertiary alicyclic amines) is 1. The minimum atomic E-state index is 0.0116. The third-order valence-electron chi connectivity index (χ3n) is 5.84. The number of rotatable bonds is 4. The number of fused-ring (bicyclic) bond motifs is 1. The van der Waals surface area contributed by atoms with E-state index in [9.17, 15) is 9.90 Å². The first kappa shape index (κ1) is 16.9. The molecular formula is C22H21N3O3. The van der Waals surface area contributed by atoms with Gasteiger partial charge in [0.2, 0.25) is 5.91 Å². The highest BCUT2D eigenvalue weighted by atomic mass is 16.5. The van der Waals surface area contributed by atoms with Crippen LogP contribution in [-0.2, 0) is 4.79 Å². The predicted molar refractivity (Wildman–Crippen MR) is 105 cm³/mol. The van der Waals surface area contributed by atoms with Crippen molar-refractivity contribution in [2.24, 2.45) is 5.41 Å². The first-order chi connectivity index (χ1) is 13.5. The Labute approximate surface area is 162 Å². The largest absolute Gasteiger partial charge is 0.508 e. The van der Waals surface area contributed by atoms with Gasteiger partial charge in [-0.1, -0.05) is 18.7 Å². The number of ether oxygens (including phenoxy) is 1. The molecule has 1 saturated heterocycles. The number of hydrogen-bond donors (Lipinski definition) is 1. The molecule has 0 bridgehead atoms. The van der Waals surface area contributed by atoms with E-state index in [1.54, 1.807) is 24.7 Å². The van der Waals surface area contributed by atoms with Gasteiger partial charge in [-0.2, -0.15) is 0 Å². The molecule has 2 fully saturated rings. The Bertz CT molecular complexity index is 1060. The third kappa shape index (κ3) is 2.72. The van der Waals surface area contributed by atoms with Crippen molar-refractivity contribution in [3.63, 3.8) is 0 Å². The number of benzene rings is 1. The molecule has 6 nitrogen and oxygen atoms in total. The molecule has 1 aromatic carbocycles. The Morgan fingerprint density at radius 2 is 2.00 bits per heavy atom. The van der Waals surface area contributed by atoms with Crippen LogP contribution in [0.3, 0.4) is 0 Å². The van der Waals surface area contributed by atoms with Gasteiger partial charge in [-0.15, -0.1) is 0 Å². The highest BCUT2D eigenvalue weighted by Crippen LogP contribution is 2.50. The maximum Gasteiger partial charge on any atom is 0.245 e. The van der Waals surface area contributed by atoms with Crippen LogP contribution in [0.5, 0.6) is 11.5 Å². The van der Waals surface area contributed by atoms with Crippen molar-refractivity contribution in [2.45, 2.75) is 18.9 Å². The topological polar surface area (TPSA) is 67.1 Å². The molecule has 28 heavy (non-hydrogen) atoms. The molecule has 1 spiro atoms. The number of carbonyl (C=O) groups excluding carboxylic acids is 1. The number of amides is 1. The van der Waals surface area contributed by atoms with Crippen LogP contribution >= 0.6 is 0 Å². The maximum atomic E-state index is 11.7. The van der Waals surface area contributed by atoms with Crippen molar-refractivity contribution in [3.05, 3.63) is 61.7 Å². The van der Waals surface area contributed by atoms with Crippen LogP contribution in [0.15, 0.2) is 61.7 Å². The smallest absolute Gasteiger partial charge is 0.245 e. The van der Waals surface area contributed by atoms with Crippen molar-refractivity contribution in [3.8, 4) is 22.6 Å². The SMILES string of the molecule is C=CC(=O)N1CC2(CC(Oc3cc(-c4ccc(O)cc4)cn4cncc34)C2)C1. The van der Waals surface area contributed by atoms with Crippen LogP contribution in [0.2, 0.25) is 0 Å². The quantitative estimate of drug-likeness (QED) is 0.711. The summed E-state index contributed by atoms with van der Waals surface area (Å²) in [5.74, 6) is 1.06. The van der Waals surface area contributed by atoms with Crippen LogP contribution in [0.4, 0.5) is 0 Å². The number of hydrogen-bond acceptors (Lipinski definition) is 4. The lowest BCUT2D eigenvalue weighted by molar-refractivity contribution is -0.155. The number of imidazole rings is 1. The van der Waals surface area contributed by atoms with E-state index in [-0.39, 0.29) is 23.2 Å². The van der Waals surface area contributed by atoms with Crippen LogP contribution in [0.25, 0.3) is 16.6 Å². The zero-order chi connectivity index (χ0) is 19.3. The number of aromatic hydroxyl groups is 1. The van der Waals surface area contributed by atoms with Gasteiger partial charge < -0.3 is 19.1 Å². The van der Waals surface area contributed by atoms with E-state index < -0.39 is 0 Å². The highest BCUT2D eigenvalue weighted by molar-refractivity contribution is 5.87. The molecule has 0 radical (unpaired) electrons. The summed E-state index contributed by atoms with van der Waals surface area (Å²) in [5, 5.41) is 9.53. The minimum absolute atomic E-state index is 0.0116. The summed E-state index contributed by atoms with van der Waals surface area (Å²) in [4.78, 5) is 17.7. The molecule has 2 aromatic heterocycles. The summed E-state index contributed by atoms with van der Waals surface area (Å²) in [5.41, 5.74) is 3.15. The second-order valence-electron chi connectivity index (χ2n) is 7.87. The van der Waals surface area contributed by atoms with Crippen molar-refractivity contribution in [1.29, 1.82) is 0 Å². The number of nitrogens with zero attached hydrogens (tertiary/aromatic N) is 3. The molecule has 1 amide bonds. The molecule has 1 aliphatic carbocycles. The molecule has 2 aliphatic rings. The van der Waals surface area contributed by atoms with Gasteiger partial charge in [-0.05, 0) is 42.7 Å². The van der Waals surface area contributed by atoms with E-state index in [4.69, 9.17) is 4.74 Å². The highest BCUT2D eigenvalue weighted by Gasteiger charge is 2.54. The van der Waals surface area contributed by atoms with Crippen molar-refractivity contribution < 1.29 is 14.6 Å². The van der Waals surface area contributed by atoms with Crippen LogP contribution in [0, 0.1) is 5.41 Å². The molecule has 1 aliphatic heterocycles. The standard InChI is InChI=1S/C22H21N3O3/c1-2-21(27)25-12-22(13-25)8-18(9-22)28-20-7-16(11-24-14-23-10-19(20)24)15-3-5-17(26)6-4-15/h2-7,10-11,14,18,26H,1,8-9,12-13H2. The van der Waals surface area contributed by atoms with E-state index in [0.717, 1.165) is 48.3 Å². The minimum Gasteiger partial charge on any atom is -0.508 e. The average Bonchev–Trinajstić information content (AvgIpc) is 3.11. The van der Waals surface area contributed by atoms with Crippen LogP contribution in [-0.4, -0.2) is 44.5 Å². The van der Waals surface area contributed by atoms with Gasteiger partial charge >= 0.3 is 0 Å². The third-order valence-corrected chi connectivity index (χ3v) is 5.84. The molecular weight excluding hydrogens is 354 g/mol. The molecule has 5 rings (SSSR count). The molecule has 0 atom stereocenters. The van der Waals surface area contributed by atoms with E-state index >= 15 is 0 Å². The summed E-state index contributed by atoms with van der Waals surface area (Å²) >= 11 is 0. The van der Waals surface area contributed by atoms with E-state index in [1.165, 1.54) is 6.08 Å². The van der Waals surface area contributed by atoms with Gasteiger partial charge in [-0.25, -0.2) is 4.98 Å². The van der Waals surface area contributed by atoms with Gasteiger partial charge in [-0.3, -0.25) is 4.79 Å². The van der Waals surface area contributed by atoms with Gasteiger partial charge in [0.05, 0.1) is 12.5 Å². The Kier molecular flexibility index (Phi) is 3.69. The van der Waals surface area contributed by atoms with Crippen LogP contribution < -0.4 is 4.74 Å². The van der Waals surface area contributed by atoms with Gasteiger partial charge in [0.25, 0.3) is 0 Å². The van der Waals surface area contributed by atoms with E-state index in [2.05, 4.69) is 11.6 Å². The second kappa shape index (κ2) is 6.12. The molecule has 3 heterocycles. The summed E-state index contributed by atoms with van der Waals surface area (Å²) in [7, 11) is 0. The van der Waals surface area contributed by atoms with Gasteiger partial charge in [0.15, 0.2) is 0 Å².